The molecule has 0 radical (unpaired) electrons. The molecule has 1 heterocycles. The molecule has 1 aromatic heterocycles. The van der Waals surface area contributed by atoms with Crippen molar-refractivity contribution in [1.82, 2.24) is 9.55 Å². The van der Waals surface area contributed by atoms with Gasteiger partial charge in [-0.3, -0.25) is 9.59 Å². The molecular weight excluding hydrogens is 224 g/mol. The second kappa shape index (κ2) is 4.99. The van der Waals surface area contributed by atoms with E-state index in [-0.39, 0.29) is 6.42 Å². The van der Waals surface area contributed by atoms with Crippen molar-refractivity contribution in [1.29, 1.82) is 0 Å². The number of carbonyl (C=O) groups excluding carboxylic acids is 1. The number of aromatic nitrogens is 2. The maximum absolute atomic E-state index is 11.5. The van der Waals surface area contributed by atoms with Crippen LogP contribution in [0.25, 0.3) is 0 Å². The Bertz CT molecular complexity index is 427. The topological polar surface area (TPSA) is 81.4 Å². The van der Waals surface area contributed by atoms with E-state index in [1.54, 1.807) is 17.0 Å². The molecule has 1 rings (SSSR count). The van der Waals surface area contributed by atoms with Crippen molar-refractivity contribution in [3.63, 3.8) is 0 Å². The third-order valence-electron chi connectivity index (χ3n) is 2.88. The molecule has 0 saturated heterocycles. The Morgan fingerprint density at radius 1 is 1.59 bits per heavy atom. The van der Waals surface area contributed by atoms with Crippen molar-refractivity contribution in [2.75, 3.05) is 7.11 Å². The van der Waals surface area contributed by atoms with Gasteiger partial charge >= 0.3 is 11.9 Å². The number of aliphatic carboxylic acids is 1. The first kappa shape index (κ1) is 13.2. The molecule has 6 nitrogen and oxygen atoms in total. The summed E-state index contributed by atoms with van der Waals surface area (Å²) >= 11 is 0. The van der Waals surface area contributed by atoms with Crippen LogP contribution in [0.3, 0.4) is 0 Å². The van der Waals surface area contributed by atoms with Crippen LogP contribution in [0.4, 0.5) is 0 Å². The van der Waals surface area contributed by atoms with Gasteiger partial charge in [-0.15, -0.1) is 0 Å². The number of nitrogens with zero attached hydrogens (tertiary/aromatic N) is 2. The normalized spacial score (nSPS) is 14.1. The van der Waals surface area contributed by atoms with Crippen LogP contribution in [0.5, 0.6) is 0 Å². The third kappa shape index (κ3) is 2.64. The Labute approximate surface area is 99.2 Å². The summed E-state index contributed by atoms with van der Waals surface area (Å²) in [7, 11) is 3.00. The Morgan fingerprint density at radius 3 is 2.65 bits per heavy atom. The van der Waals surface area contributed by atoms with Crippen LogP contribution in [0.1, 0.15) is 19.2 Å². The number of imidazole rings is 1. The first-order valence-corrected chi connectivity index (χ1v) is 5.20. The molecule has 0 saturated carbocycles. The number of methoxy groups -OCH3 is 1. The van der Waals surface area contributed by atoms with Crippen LogP contribution in [0.2, 0.25) is 0 Å². The van der Waals surface area contributed by atoms with Gasteiger partial charge in [0, 0.05) is 25.9 Å². The second-order valence-electron chi connectivity index (χ2n) is 4.08. The Morgan fingerprint density at radius 2 is 2.24 bits per heavy atom. The SMILES string of the molecule is COC(=O)C(C)(CCc1nccn1C)C(=O)O. The summed E-state index contributed by atoms with van der Waals surface area (Å²) in [6.07, 6.45) is 3.96. The fourth-order valence-electron chi connectivity index (χ4n) is 1.52. The molecule has 6 heteroatoms. The summed E-state index contributed by atoms with van der Waals surface area (Å²) in [5, 5.41) is 9.10. The van der Waals surface area contributed by atoms with E-state index in [0.717, 1.165) is 5.82 Å². The number of carboxylic acid groups (broad SMARTS) is 1. The van der Waals surface area contributed by atoms with Gasteiger partial charge in [0.2, 0.25) is 0 Å². The van der Waals surface area contributed by atoms with Crippen molar-refractivity contribution >= 4 is 11.9 Å². The molecule has 17 heavy (non-hydrogen) atoms. The minimum Gasteiger partial charge on any atom is -0.480 e. The average Bonchev–Trinajstić information content (AvgIpc) is 2.70. The summed E-state index contributed by atoms with van der Waals surface area (Å²) < 4.78 is 6.32. The molecule has 0 amide bonds. The number of carboxylic acids is 1. The predicted octanol–water partition coefficient (Wildman–Crippen LogP) is 0.617. The molecule has 94 valence electrons. The number of esters is 1. The van der Waals surface area contributed by atoms with Crippen LogP contribution in [0.15, 0.2) is 12.4 Å². The van der Waals surface area contributed by atoms with Crippen LogP contribution in [-0.2, 0) is 27.8 Å². The molecule has 1 aromatic rings. The quantitative estimate of drug-likeness (QED) is 0.602. The highest BCUT2D eigenvalue weighted by Crippen LogP contribution is 2.25. The fraction of sp³-hybridized carbons (Fsp3) is 0.545. The zero-order chi connectivity index (χ0) is 13.1. The fourth-order valence-corrected chi connectivity index (χ4v) is 1.52. The minimum atomic E-state index is -1.53. The summed E-state index contributed by atoms with van der Waals surface area (Å²) in [6, 6.07) is 0. The molecule has 0 aliphatic carbocycles. The number of carbonyl (C=O) groups is 2. The van der Waals surface area contributed by atoms with Crippen LogP contribution < -0.4 is 0 Å². The van der Waals surface area contributed by atoms with Gasteiger partial charge in [0.1, 0.15) is 5.82 Å². The summed E-state index contributed by atoms with van der Waals surface area (Å²) in [5.41, 5.74) is -1.53. The van der Waals surface area contributed by atoms with Gasteiger partial charge in [0.05, 0.1) is 7.11 Å². The van der Waals surface area contributed by atoms with Gasteiger partial charge in [0.25, 0.3) is 0 Å². The van der Waals surface area contributed by atoms with Gasteiger partial charge in [-0.2, -0.15) is 0 Å². The lowest BCUT2D eigenvalue weighted by atomic mass is 9.85. The van der Waals surface area contributed by atoms with E-state index in [2.05, 4.69) is 9.72 Å². The third-order valence-corrected chi connectivity index (χ3v) is 2.88. The highest BCUT2D eigenvalue weighted by Gasteiger charge is 2.42. The van der Waals surface area contributed by atoms with Crippen LogP contribution in [0, 0.1) is 5.41 Å². The maximum Gasteiger partial charge on any atom is 0.322 e. The van der Waals surface area contributed by atoms with Crippen molar-refractivity contribution in [2.24, 2.45) is 12.5 Å². The van der Waals surface area contributed by atoms with E-state index in [0.29, 0.717) is 6.42 Å². The smallest absolute Gasteiger partial charge is 0.322 e. The molecule has 0 aromatic carbocycles. The van der Waals surface area contributed by atoms with Crippen molar-refractivity contribution < 1.29 is 19.4 Å². The Kier molecular flexibility index (Phi) is 3.88. The summed E-state index contributed by atoms with van der Waals surface area (Å²) in [6.45, 7) is 1.37. The highest BCUT2D eigenvalue weighted by molar-refractivity contribution is 5.98. The number of hydrogen-bond donors (Lipinski definition) is 1. The molecule has 0 aliphatic rings. The molecule has 0 fully saturated rings. The van der Waals surface area contributed by atoms with E-state index in [9.17, 15) is 9.59 Å². The van der Waals surface area contributed by atoms with Crippen LogP contribution in [-0.4, -0.2) is 33.7 Å². The zero-order valence-corrected chi connectivity index (χ0v) is 10.1. The molecule has 0 spiro atoms. The number of ether oxygens (including phenoxy) is 1. The summed E-state index contributed by atoms with van der Waals surface area (Å²) in [5.74, 6) is -1.18. The zero-order valence-electron chi connectivity index (χ0n) is 10.1. The van der Waals surface area contributed by atoms with Crippen molar-refractivity contribution in [3.8, 4) is 0 Å². The maximum atomic E-state index is 11.5. The van der Waals surface area contributed by atoms with Gasteiger partial charge < -0.3 is 14.4 Å². The lowest BCUT2D eigenvalue weighted by molar-refractivity contribution is -0.166. The standard InChI is InChI=1S/C11H16N2O4/c1-11(9(14)15,10(16)17-3)5-4-8-12-6-7-13(8)2/h6-7H,4-5H2,1-3H3,(H,14,15). The molecule has 0 aliphatic heterocycles. The largest absolute Gasteiger partial charge is 0.480 e. The summed E-state index contributed by atoms with van der Waals surface area (Å²) in [4.78, 5) is 26.7. The van der Waals surface area contributed by atoms with Gasteiger partial charge in [-0.05, 0) is 13.3 Å². The lowest BCUT2D eigenvalue weighted by Crippen LogP contribution is -2.38. The molecule has 0 bridgehead atoms. The first-order valence-electron chi connectivity index (χ1n) is 5.20. The van der Waals surface area contributed by atoms with Crippen LogP contribution >= 0.6 is 0 Å². The van der Waals surface area contributed by atoms with E-state index in [1.165, 1.54) is 14.0 Å². The average molecular weight is 240 g/mol. The molecule has 1 N–H and O–H groups in total. The number of hydrogen-bond acceptors (Lipinski definition) is 4. The first-order chi connectivity index (χ1) is 7.91. The second-order valence-corrected chi connectivity index (χ2v) is 4.08. The predicted molar refractivity (Wildman–Crippen MR) is 59.3 cm³/mol. The van der Waals surface area contributed by atoms with Gasteiger partial charge in [0.15, 0.2) is 5.41 Å². The van der Waals surface area contributed by atoms with Crippen molar-refractivity contribution in [2.45, 2.75) is 19.8 Å². The van der Waals surface area contributed by atoms with E-state index < -0.39 is 17.4 Å². The van der Waals surface area contributed by atoms with Gasteiger partial charge in [-0.1, -0.05) is 0 Å². The van der Waals surface area contributed by atoms with E-state index in [1.807, 2.05) is 7.05 Å². The van der Waals surface area contributed by atoms with Gasteiger partial charge in [-0.25, -0.2) is 4.98 Å². The van der Waals surface area contributed by atoms with E-state index in [4.69, 9.17) is 5.11 Å². The highest BCUT2D eigenvalue weighted by atomic mass is 16.5. The lowest BCUT2D eigenvalue weighted by Gasteiger charge is -2.21. The number of rotatable bonds is 5. The number of aryl methyl sites for hydroxylation is 2. The van der Waals surface area contributed by atoms with E-state index >= 15 is 0 Å². The molecule has 1 unspecified atom stereocenters. The Balaban J connectivity index is 2.79. The minimum absolute atomic E-state index is 0.153. The van der Waals surface area contributed by atoms with Crippen molar-refractivity contribution in [3.05, 3.63) is 18.2 Å². The Hall–Kier alpha value is -1.85. The molecular formula is C11H16N2O4. The monoisotopic (exact) mass is 240 g/mol. The molecule has 1 atom stereocenters.